The van der Waals surface area contributed by atoms with Crippen LogP contribution in [0.3, 0.4) is 0 Å². The Kier molecular flexibility index (Phi) is 7.32. The molecule has 3 aliphatic heterocycles. The van der Waals surface area contributed by atoms with Crippen LogP contribution in [0.25, 0.3) is 11.0 Å². The average Bonchev–Trinajstić information content (AvgIpc) is 3.50. The van der Waals surface area contributed by atoms with Gasteiger partial charge in [-0.25, -0.2) is 4.98 Å². The average molecular weight is 564 g/mol. The van der Waals surface area contributed by atoms with Gasteiger partial charge < -0.3 is 14.6 Å². The van der Waals surface area contributed by atoms with E-state index < -0.39 is 6.10 Å². The highest BCUT2D eigenvalue weighted by molar-refractivity contribution is 5.82. The summed E-state index contributed by atoms with van der Waals surface area (Å²) >= 11 is 0. The quantitative estimate of drug-likeness (QED) is 0.317. The van der Waals surface area contributed by atoms with Gasteiger partial charge >= 0.3 is 0 Å². The van der Waals surface area contributed by atoms with Crippen molar-refractivity contribution in [3.63, 3.8) is 0 Å². The Labute approximate surface area is 248 Å². The van der Waals surface area contributed by atoms with E-state index in [-0.39, 0.29) is 11.3 Å². The van der Waals surface area contributed by atoms with E-state index in [0.29, 0.717) is 36.8 Å². The Balaban J connectivity index is 1.05. The van der Waals surface area contributed by atoms with Gasteiger partial charge in [0.2, 0.25) is 0 Å². The van der Waals surface area contributed by atoms with Crippen molar-refractivity contribution < 1.29 is 9.90 Å². The van der Waals surface area contributed by atoms with Crippen molar-refractivity contribution in [2.24, 2.45) is 0 Å². The van der Waals surface area contributed by atoms with Gasteiger partial charge in [-0.1, -0.05) is 48.5 Å². The van der Waals surface area contributed by atoms with E-state index in [1.165, 1.54) is 36.8 Å². The number of aliphatic hydroxyl groups excluding tert-OH is 1. The molecule has 3 aliphatic rings. The molecule has 2 aromatic heterocycles. The molecule has 7 nitrogen and oxygen atoms in total. The fraction of sp³-hybridized carbons (Fsp3) is 0.457. The molecule has 2 bridgehead atoms. The number of pyridine rings is 1. The third-order valence-corrected chi connectivity index (χ3v) is 10.5. The zero-order chi connectivity index (χ0) is 28.7. The Bertz CT molecular complexity index is 1520. The van der Waals surface area contributed by atoms with E-state index in [1.807, 2.05) is 4.90 Å². The summed E-state index contributed by atoms with van der Waals surface area (Å²) in [6.45, 7) is 4.57. The minimum absolute atomic E-state index is 0.0325. The minimum Gasteiger partial charge on any atom is -0.378 e. The van der Waals surface area contributed by atoms with E-state index in [4.69, 9.17) is 4.98 Å². The number of amides is 1. The lowest BCUT2D eigenvalue weighted by molar-refractivity contribution is -0.142. The van der Waals surface area contributed by atoms with E-state index in [2.05, 4.69) is 76.0 Å². The summed E-state index contributed by atoms with van der Waals surface area (Å²) in [7, 11) is 0. The molecule has 0 saturated carbocycles. The molecule has 5 heterocycles. The first-order valence-electron chi connectivity index (χ1n) is 15.6. The number of hydrogen-bond acceptors (Lipinski definition) is 5. The van der Waals surface area contributed by atoms with Crippen molar-refractivity contribution in [2.45, 2.75) is 81.5 Å². The maximum absolute atomic E-state index is 13.2. The van der Waals surface area contributed by atoms with E-state index in [1.54, 1.807) is 24.5 Å². The number of nitrogens with zero attached hydrogens (tertiary/aromatic N) is 5. The number of carbonyl (C=O) groups excluding carboxylic acids is 1. The van der Waals surface area contributed by atoms with E-state index in [0.717, 1.165) is 37.1 Å². The van der Waals surface area contributed by atoms with Gasteiger partial charge in [0.05, 0.1) is 11.0 Å². The molecule has 7 rings (SSSR count). The van der Waals surface area contributed by atoms with Crippen molar-refractivity contribution in [1.82, 2.24) is 24.3 Å². The molecule has 0 radical (unpaired) electrons. The van der Waals surface area contributed by atoms with Crippen molar-refractivity contribution in [1.29, 1.82) is 0 Å². The molecule has 3 fully saturated rings. The molecule has 218 valence electrons. The first kappa shape index (κ1) is 27.3. The summed E-state index contributed by atoms with van der Waals surface area (Å²) in [6, 6.07) is 24.7. The van der Waals surface area contributed by atoms with E-state index >= 15 is 0 Å². The second kappa shape index (κ2) is 11.3. The van der Waals surface area contributed by atoms with Gasteiger partial charge in [0.15, 0.2) is 6.10 Å². The van der Waals surface area contributed by atoms with Crippen molar-refractivity contribution >= 4 is 16.9 Å². The predicted octanol–water partition coefficient (Wildman–Crippen LogP) is 5.59. The molecule has 3 unspecified atom stereocenters. The van der Waals surface area contributed by atoms with Crippen LogP contribution in [-0.2, 0) is 10.2 Å². The summed E-state index contributed by atoms with van der Waals surface area (Å²) in [5.74, 6) is 0.916. The van der Waals surface area contributed by atoms with Crippen LogP contribution < -0.4 is 0 Å². The van der Waals surface area contributed by atoms with Crippen LogP contribution in [0, 0.1) is 6.92 Å². The number of carbonyl (C=O) groups is 1. The van der Waals surface area contributed by atoms with Gasteiger partial charge in [-0.05, 0) is 87.6 Å². The number of para-hydroxylation sites is 2. The highest BCUT2D eigenvalue weighted by atomic mass is 16.3. The highest BCUT2D eigenvalue weighted by Gasteiger charge is 2.44. The number of likely N-dealkylation sites (tertiary alicyclic amines) is 1. The molecule has 2 aromatic carbocycles. The van der Waals surface area contributed by atoms with E-state index in [9.17, 15) is 9.90 Å². The predicted molar refractivity (Wildman–Crippen MR) is 164 cm³/mol. The number of imidazole rings is 1. The summed E-state index contributed by atoms with van der Waals surface area (Å²) in [5, 5.41) is 10.7. The fourth-order valence-corrected chi connectivity index (χ4v) is 8.27. The first-order chi connectivity index (χ1) is 20.5. The molecule has 7 heteroatoms. The fourth-order valence-electron chi connectivity index (χ4n) is 8.27. The lowest BCUT2D eigenvalue weighted by Crippen LogP contribution is -2.49. The number of aromatic nitrogens is 3. The number of fused-ring (bicyclic) bond motifs is 3. The largest absolute Gasteiger partial charge is 0.378 e. The maximum Gasteiger partial charge on any atom is 0.256 e. The molecule has 1 amide bonds. The van der Waals surface area contributed by atoms with Gasteiger partial charge in [0.25, 0.3) is 5.91 Å². The zero-order valence-corrected chi connectivity index (χ0v) is 24.5. The lowest BCUT2D eigenvalue weighted by Gasteiger charge is -2.46. The van der Waals surface area contributed by atoms with Crippen molar-refractivity contribution in [3.05, 3.63) is 96.1 Å². The molecular weight excluding hydrogens is 522 g/mol. The molecule has 4 aromatic rings. The zero-order valence-electron chi connectivity index (χ0n) is 24.5. The molecule has 3 atom stereocenters. The molecule has 0 aliphatic carbocycles. The molecule has 1 N–H and O–H groups in total. The lowest BCUT2D eigenvalue weighted by atomic mass is 9.70. The summed E-state index contributed by atoms with van der Waals surface area (Å²) in [4.78, 5) is 26.8. The van der Waals surface area contributed by atoms with Crippen LogP contribution in [0.5, 0.6) is 0 Å². The van der Waals surface area contributed by atoms with Gasteiger partial charge in [-0.3, -0.25) is 14.7 Å². The number of aryl methyl sites for hydroxylation is 1. The monoisotopic (exact) mass is 563 g/mol. The van der Waals surface area contributed by atoms with Gasteiger partial charge in [-0.2, -0.15) is 0 Å². The number of benzene rings is 2. The van der Waals surface area contributed by atoms with Gasteiger partial charge in [0.1, 0.15) is 5.82 Å². The number of hydrogen-bond donors (Lipinski definition) is 1. The number of piperidine rings is 2. The SMILES string of the molecule is Cc1nc2ccccc2n1C1CC2CCC(C1)N2CCC1(c2ccccc2)CCN(C(=O)C(O)c2cccnc2)CC1. The van der Waals surface area contributed by atoms with Crippen LogP contribution in [0.15, 0.2) is 79.1 Å². The Morgan fingerprint density at radius 3 is 2.38 bits per heavy atom. The molecule has 0 spiro atoms. The number of rotatable bonds is 7. The molecular formula is C35H41N5O2. The normalized spacial score (nSPS) is 24.6. The highest BCUT2D eigenvalue weighted by Crippen LogP contribution is 2.45. The Morgan fingerprint density at radius 1 is 0.952 bits per heavy atom. The summed E-state index contributed by atoms with van der Waals surface area (Å²) in [5.41, 5.74) is 4.34. The molecule has 3 saturated heterocycles. The molecule has 42 heavy (non-hydrogen) atoms. The third kappa shape index (κ3) is 4.92. The van der Waals surface area contributed by atoms with Gasteiger partial charge in [0, 0.05) is 49.2 Å². The number of aliphatic hydroxyl groups is 1. The summed E-state index contributed by atoms with van der Waals surface area (Å²) in [6.07, 6.45) is 9.92. The summed E-state index contributed by atoms with van der Waals surface area (Å²) < 4.78 is 2.51. The van der Waals surface area contributed by atoms with Crippen LogP contribution in [0.1, 0.15) is 74.0 Å². The Hall–Kier alpha value is -3.55. The van der Waals surface area contributed by atoms with Crippen molar-refractivity contribution in [3.8, 4) is 0 Å². The topological polar surface area (TPSA) is 74.5 Å². The van der Waals surface area contributed by atoms with Crippen LogP contribution in [0.2, 0.25) is 0 Å². The Morgan fingerprint density at radius 2 is 1.67 bits per heavy atom. The standard InChI is InChI=1S/C35H41N5O2/c1-25-37-31-11-5-6-12-32(31)40(25)30-22-28-13-14-29(23-30)39(28)21-17-35(27-9-3-2-4-10-27)15-19-38(20-16-35)34(42)33(41)26-8-7-18-36-24-26/h2-12,18,24,28-30,33,41H,13-17,19-23H2,1H3. The van der Waals surface area contributed by atoms with Gasteiger partial charge in [-0.15, -0.1) is 0 Å². The van der Waals surface area contributed by atoms with Crippen LogP contribution in [-0.4, -0.2) is 67.1 Å². The third-order valence-electron chi connectivity index (χ3n) is 10.5. The minimum atomic E-state index is -1.16. The van der Waals surface area contributed by atoms with Crippen LogP contribution in [0.4, 0.5) is 0 Å². The second-order valence-electron chi connectivity index (χ2n) is 12.7. The first-order valence-corrected chi connectivity index (χ1v) is 15.6. The second-order valence-corrected chi connectivity index (χ2v) is 12.7. The van der Waals surface area contributed by atoms with Crippen LogP contribution >= 0.6 is 0 Å². The smallest absolute Gasteiger partial charge is 0.256 e. The maximum atomic E-state index is 13.2. The van der Waals surface area contributed by atoms with Crippen molar-refractivity contribution in [2.75, 3.05) is 19.6 Å².